The number of aromatic nitrogens is 2. The Morgan fingerprint density at radius 1 is 1.24 bits per heavy atom. The summed E-state index contributed by atoms with van der Waals surface area (Å²) in [5.74, 6) is -1.42. The minimum Gasteiger partial charge on any atom is -0.319 e. The van der Waals surface area contributed by atoms with Crippen molar-refractivity contribution in [2.24, 2.45) is 5.41 Å². The molecule has 2 atom stereocenters. The fourth-order valence-corrected chi connectivity index (χ4v) is 4.93. The Kier molecular flexibility index (Phi) is 3.02. The number of alkyl halides is 2. The number of aryl methyl sites for hydroxylation is 1. The monoisotopic (exact) mass is 348 g/mol. The van der Waals surface area contributed by atoms with Crippen LogP contribution >= 0.6 is 0 Å². The predicted octanol–water partition coefficient (Wildman–Crippen LogP) is 3.85. The van der Waals surface area contributed by atoms with Gasteiger partial charge in [0.2, 0.25) is 0 Å². The fraction of sp³-hybridized carbons (Fsp3) is 0.722. The summed E-state index contributed by atoms with van der Waals surface area (Å²) in [4.78, 5) is 23.4. The van der Waals surface area contributed by atoms with Crippen LogP contribution < -0.4 is 5.32 Å². The summed E-state index contributed by atoms with van der Waals surface area (Å²) in [6.07, 6.45) is 6.38. The molecule has 2 bridgehead atoms. The van der Waals surface area contributed by atoms with Crippen molar-refractivity contribution in [2.75, 3.05) is 5.32 Å². The zero-order valence-electron chi connectivity index (χ0n) is 14.3. The lowest BCUT2D eigenvalue weighted by Gasteiger charge is -2.39. The van der Waals surface area contributed by atoms with E-state index in [1.54, 1.807) is 6.20 Å². The number of amides is 2. The fourth-order valence-electron chi connectivity index (χ4n) is 4.93. The molecule has 1 aromatic heterocycles. The Hall–Kier alpha value is -1.79. The van der Waals surface area contributed by atoms with E-state index in [-0.39, 0.29) is 24.5 Å². The number of halogens is 2. The first-order valence-corrected chi connectivity index (χ1v) is 9.19. The summed E-state index contributed by atoms with van der Waals surface area (Å²) < 4.78 is 27.5. The van der Waals surface area contributed by atoms with Crippen LogP contribution in [0.1, 0.15) is 62.4 Å². The van der Waals surface area contributed by atoms with Crippen molar-refractivity contribution < 1.29 is 13.6 Å². The van der Waals surface area contributed by atoms with Crippen molar-refractivity contribution in [1.82, 2.24) is 14.9 Å². The predicted molar refractivity (Wildman–Crippen MR) is 87.6 cm³/mol. The minimum absolute atomic E-state index is 0.0000886. The van der Waals surface area contributed by atoms with E-state index < -0.39 is 11.3 Å². The van der Waals surface area contributed by atoms with Gasteiger partial charge in [0.1, 0.15) is 5.82 Å². The second-order valence-electron chi connectivity index (χ2n) is 8.28. The number of carbonyl (C=O) groups excluding carboxylic acids is 1. The van der Waals surface area contributed by atoms with Crippen LogP contribution in [0.25, 0.3) is 0 Å². The molecular weight excluding hydrogens is 326 g/mol. The zero-order valence-corrected chi connectivity index (χ0v) is 14.3. The van der Waals surface area contributed by atoms with Gasteiger partial charge in [-0.2, -0.15) is 0 Å². The molecule has 2 aliphatic carbocycles. The lowest BCUT2D eigenvalue weighted by molar-refractivity contribution is 0.0186. The Morgan fingerprint density at radius 2 is 1.88 bits per heavy atom. The van der Waals surface area contributed by atoms with Gasteiger partial charge in [0.15, 0.2) is 0 Å². The number of nitrogens with zero attached hydrogens (tertiary/aromatic N) is 3. The van der Waals surface area contributed by atoms with E-state index in [1.807, 2.05) is 11.8 Å². The number of rotatable bonds is 2. The van der Waals surface area contributed by atoms with Crippen molar-refractivity contribution in [2.45, 2.75) is 75.8 Å². The third kappa shape index (κ3) is 2.34. The highest BCUT2D eigenvalue weighted by Gasteiger charge is 2.74. The average Bonchev–Trinajstić information content (AvgIpc) is 3.43. The standard InChI is InChI=1S/C18H22F2N4O/c1-10-21-8-14(15(22-10)11-2-3-11)23-16(25)24-12-4-5-13(24)7-17(6-12)9-18(17,19)20/h8,11-13H,2-7,9H2,1H3,(H,23,25). The first kappa shape index (κ1) is 15.5. The smallest absolute Gasteiger partial charge is 0.319 e. The summed E-state index contributed by atoms with van der Waals surface area (Å²) >= 11 is 0. The third-order valence-corrected chi connectivity index (χ3v) is 6.46. The van der Waals surface area contributed by atoms with Crippen LogP contribution in [0.5, 0.6) is 0 Å². The van der Waals surface area contributed by atoms with Crippen LogP contribution in [0.2, 0.25) is 0 Å². The van der Waals surface area contributed by atoms with Crippen LogP contribution in [-0.2, 0) is 0 Å². The molecule has 2 saturated carbocycles. The van der Waals surface area contributed by atoms with Crippen molar-refractivity contribution in [3.05, 3.63) is 17.7 Å². The molecule has 25 heavy (non-hydrogen) atoms. The summed E-state index contributed by atoms with van der Waals surface area (Å²) in [6, 6.07) is -0.314. The molecule has 0 radical (unpaired) electrons. The number of anilines is 1. The van der Waals surface area contributed by atoms with Gasteiger partial charge in [0.25, 0.3) is 5.92 Å². The number of hydrogen-bond donors (Lipinski definition) is 1. The molecule has 5 rings (SSSR count). The Bertz CT molecular complexity index is 735. The minimum atomic E-state index is -2.53. The van der Waals surface area contributed by atoms with E-state index in [0.717, 1.165) is 31.4 Å². The highest BCUT2D eigenvalue weighted by molar-refractivity contribution is 5.90. The molecule has 2 aliphatic heterocycles. The lowest BCUT2D eigenvalue weighted by Crippen LogP contribution is -2.50. The van der Waals surface area contributed by atoms with Gasteiger partial charge in [-0.1, -0.05) is 0 Å². The maximum Gasteiger partial charge on any atom is 0.322 e. The molecule has 7 heteroatoms. The van der Waals surface area contributed by atoms with Gasteiger partial charge < -0.3 is 10.2 Å². The summed E-state index contributed by atoms with van der Waals surface area (Å²) in [7, 11) is 0. The number of piperidine rings is 1. The largest absolute Gasteiger partial charge is 0.322 e. The Morgan fingerprint density at radius 3 is 2.44 bits per heavy atom. The van der Waals surface area contributed by atoms with Crippen molar-refractivity contribution in [3.63, 3.8) is 0 Å². The highest BCUT2D eigenvalue weighted by atomic mass is 19.3. The van der Waals surface area contributed by atoms with Crippen molar-refractivity contribution in [1.29, 1.82) is 0 Å². The first-order valence-electron chi connectivity index (χ1n) is 9.19. The van der Waals surface area contributed by atoms with E-state index in [2.05, 4.69) is 15.3 Å². The second kappa shape index (κ2) is 4.89. The van der Waals surface area contributed by atoms with Gasteiger partial charge >= 0.3 is 6.03 Å². The summed E-state index contributed by atoms with van der Waals surface area (Å²) in [5, 5.41) is 2.97. The third-order valence-electron chi connectivity index (χ3n) is 6.46. The molecule has 134 valence electrons. The summed E-state index contributed by atoms with van der Waals surface area (Å²) in [6.45, 7) is 1.84. The topological polar surface area (TPSA) is 58.1 Å². The molecule has 0 aromatic carbocycles. The Labute approximate surface area is 145 Å². The molecule has 1 spiro atoms. The lowest BCUT2D eigenvalue weighted by atomic mass is 9.87. The Balaban J connectivity index is 1.35. The maximum absolute atomic E-state index is 13.8. The molecule has 1 N–H and O–H groups in total. The van der Waals surface area contributed by atoms with Crippen molar-refractivity contribution >= 4 is 11.7 Å². The first-order chi connectivity index (χ1) is 11.9. The quantitative estimate of drug-likeness (QED) is 0.883. The van der Waals surface area contributed by atoms with Gasteiger partial charge in [-0.05, 0) is 45.4 Å². The van der Waals surface area contributed by atoms with Gasteiger partial charge in [0.05, 0.1) is 17.6 Å². The van der Waals surface area contributed by atoms with Gasteiger partial charge in [-0.3, -0.25) is 0 Å². The molecule has 3 heterocycles. The maximum atomic E-state index is 13.8. The number of urea groups is 1. The number of hydrogen-bond acceptors (Lipinski definition) is 3. The highest BCUT2D eigenvalue weighted by Crippen LogP contribution is 2.69. The average molecular weight is 348 g/mol. The van der Waals surface area contributed by atoms with E-state index in [1.165, 1.54) is 0 Å². The molecule has 4 fully saturated rings. The molecular formula is C18H22F2N4O. The van der Waals surface area contributed by atoms with Crippen molar-refractivity contribution in [3.8, 4) is 0 Å². The van der Waals surface area contributed by atoms with Crippen LogP contribution in [0.15, 0.2) is 6.20 Å². The number of carbonyl (C=O) groups is 1. The van der Waals surface area contributed by atoms with Crippen LogP contribution in [0.3, 0.4) is 0 Å². The van der Waals surface area contributed by atoms with E-state index >= 15 is 0 Å². The molecule has 4 aliphatic rings. The molecule has 1 aromatic rings. The van der Waals surface area contributed by atoms with E-state index in [4.69, 9.17) is 0 Å². The molecule has 5 nitrogen and oxygen atoms in total. The van der Waals surface area contributed by atoms with Crippen LogP contribution in [0, 0.1) is 12.3 Å². The molecule has 2 saturated heterocycles. The van der Waals surface area contributed by atoms with Gasteiger partial charge in [0, 0.05) is 29.8 Å². The normalized spacial score (nSPS) is 35.1. The van der Waals surface area contributed by atoms with Gasteiger partial charge in [-0.25, -0.2) is 23.5 Å². The number of fused-ring (bicyclic) bond motifs is 2. The molecule has 2 unspecified atom stereocenters. The van der Waals surface area contributed by atoms with Crippen LogP contribution in [0.4, 0.5) is 19.3 Å². The SMILES string of the molecule is Cc1ncc(NC(=O)N2C3CCC2CC2(C3)CC2(F)F)c(C2CC2)n1. The van der Waals surface area contributed by atoms with E-state index in [9.17, 15) is 13.6 Å². The number of nitrogens with one attached hydrogen (secondary N) is 1. The summed E-state index contributed by atoms with van der Waals surface area (Å²) in [5.41, 5.74) is 0.756. The molecule has 2 amide bonds. The zero-order chi connectivity index (χ0) is 17.4. The second-order valence-corrected chi connectivity index (χ2v) is 8.28. The van der Waals surface area contributed by atoms with E-state index in [0.29, 0.717) is 30.3 Å². The van der Waals surface area contributed by atoms with Gasteiger partial charge in [-0.15, -0.1) is 0 Å². The van der Waals surface area contributed by atoms with Crippen LogP contribution in [-0.4, -0.2) is 38.9 Å².